The molecule has 4 N–H and O–H groups in total. The molecule has 1 saturated heterocycles. The van der Waals surface area contributed by atoms with Crippen molar-refractivity contribution >= 4 is 17.8 Å². The number of carboxylic acid groups (broad SMARTS) is 1. The van der Waals surface area contributed by atoms with E-state index in [1.807, 2.05) is 13.0 Å². The molecule has 1 fully saturated rings. The van der Waals surface area contributed by atoms with Gasteiger partial charge in [-0.15, -0.1) is 0 Å². The first kappa shape index (κ1) is 19.9. The molecule has 0 aromatic heterocycles. The van der Waals surface area contributed by atoms with Crippen molar-refractivity contribution in [3.8, 4) is 0 Å². The number of fused-ring (bicyclic) bond motifs is 1. The van der Waals surface area contributed by atoms with Gasteiger partial charge in [0, 0.05) is 0 Å². The van der Waals surface area contributed by atoms with Crippen LogP contribution in [0.25, 0.3) is 0 Å². The Bertz CT molecular complexity index is 881. The van der Waals surface area contributed by atoms with E-state index < -0.39 is 59.8 Å². The Morgan fingerprint density at radius 3 is 2.61 bits per heavy atom. The maximum absolute atomic E-state index is 13.1. The number of aryl methyl sites for hydroxylation is 1. The summed E-state index contributed by atoms with van der Waals surface area (Å²) in [6.07, 6.45) is -5.50. The second-order valence-corrected chi connectivity index (χ2v) is 6.82. The number of nitrogens with two attached hydrogens (primary N) is 1. The van der Waals surface area contributed by atoms with E-state index in [9.17, 15) is 32.7 Å². The second kappa shape index (κ2) is 6.93. The number of halogens is 3. The summed E-state index contributed by atoms with van der Waals surface area (Å²) in [6, 6.07) is 3.88. The number of benzene rings is 1. The number of hydrogen-bond donors (Lipinski definition) is 3. The van der Waals surface area contributed by atoms with Crippen molar-refractivity contribution in [3.63, 3.8) is 0 Å². The fourth-order valence-electron chi connectivity index (χ4n) is 3.60. The SMILES string of the molecule is Cc1cccc([C@@H](N)C(=O)N[C@@H]2C(=O)N3C(C(=O)O)=C(C(F)(F)F)CC[C@H]23)c1. The average molecular weight is 397 g/mol. The van der Waals surface area contributed by atoms with Crippen LogP contribution in [-0.4, -0.2) is 46.1 Å². The number of β-lactam (4-membered cyclic amide) rings is 1. The van der Waals surface area contributed by atoms with Gasteiger partial charge in [0.05, 0.1) is 11.6 Å². The molecule has 7 nitrogen and oxygen atoms in total. The summed E-state index contributed by atoms with van der Waals surface area (Å²) in [4.78, 5) is 36.7. The summed E-state index contributed by atoms with van der Waals surface area (Å²) in [7, 11) is 0. The van der Waals surface area contributed by atoms with Crippen molar-refractivity contribution in [2.24, 2.45) is 5.73 Å². The van der Waals surface area contributed by atoms with Crippen LogP contribution in [0.15, 0.2) is 35.5 Å². The highest BCUT2D eigenvalue weighted by Gasteiger charge is 2.56. The third-order valence-electron chi connectivity index (χ3n) is 4.96. The quantitative estimate of drug-likeness (QED) is 0.665. The van der Waals surface area contributed by atoms with Crippen LogP contribution in [0.3, 0.4) is 0 Å². The third kappa shape index (κ3) is 3.35. The fourth-order valence-corrected chi connectivity index (χ4v) is 3.60. The first-order valence-electron chi connectivity index (χ1n) is 8.51. The molecule has 0 radical (unpaired) electrons. The van der Waals surface area contributed by atoms with Crippen molar-refractivity contribution in [2.75, 3.05) is 0 Å². The second-order valence-electron chi connectivity index (χ2n) is 6.82. The van der Waals surface area contributed by atoms with E-state index in [4.69, 9.17) is 5.73 Å². The molecule has 0 unspecified atom stereocenters. The van der Waals surface area contributed by atoms with Gasteiger partial charge in [0.15, 0.2) is 0 Å². The van der Waals surface area contributed by atoms with Gasteiger partial charge in [0.2, 0.25) is 5.91 Å². The average Bonchev–Trinajstić information content (AvgIpc) is 2.62. The van der Waals surface area contributed by atoms with E-state index >= 15 is 0 Å². The third-order valence-corrected chi connectivity index (χ3v) is 4.96. The van der Waals surface area contributed by atoms with Crippen molar-refractivity contribution in [3.05, 3.63) is 46.7 Å². The summed E-state index contributed by atoms with van der Waals surface area (Å²) >= 11 is 0. The molecule has 10 heteroatoms. The standard InChI is InChI=1S/C18H18F3N3O4/c1-8-3-2-4-9(7-8)12(22)15(25)23-13-11-6-5-10(18(19,20)21)14(17(27)28)24(11)16(13)26/h2-4,7,11-13H,5-6,22H2,1H3,(H,23,25)(H,27,28)/t11-,12-,13+/m1/s1. The van der Waals surface area contributed by atoms with Crippen LogP contribution < -0.4 is 11.1 Å². The number of amides is 2. The number of hydrogen-bond acceptors (Lipinski definition) is 4. The van der Waals surface area contributed by atoms with E-state index in [1.54, 1.807) is 18.2 Å². The van der Waals surface area contributed by atoms with Gasteiger partial charge in [-0.1, -0.05) is 29.8 Å². The first-order valence-corrected chi connectivity index (χ1v) is 8.51. The Morgan fingerprint density at radius 2 is 2.04 bits per heavy atom. The molecule has 0 spiro atoms. The maximum Gasteiger partial charge on any atom is 0.414 e. The Balaban J connectivity index is 1.78. The lowest BCUT2D eigenvalue weighted by Crippen LogP contribution is -2.72. The Kier molecular flexibility index (Phi) is 4.92. The maximum atomic E-state index is 13.1. The number of carbonyl (C=O) groups is 3. The van der Waals surface area contributed by atoms with Gasteiger partial charge in [-0.2, -0.15) is 13.2 Å². The molecular formula is C18H18F3N3O4. The van der Waals surface area contributed by atoms with Crippen LogP contribution in [0.5, 0.6) is 0 Å². The summed E-state index contributed by atoms with van der Waals surface area (Å²) in [5.74, 6) is -3.38. The van der Waals surface area contributed by atoms with Crippen molar-refractivity contribution in [2.45, 2.75) is 44.1 Å². The lowest BCUT2D eigenvalue weighted by atomic mass is 9.83. The number of allylic oxidation sites excluding steroid dienone is 1. The topological polar surface area (TPSA) is 113 Å². The molecular weight excluding hydrogens is 379 g/mol. The van der Waals surface area contributed by atoms with Gasteiger partial charge in [0.25, 0.3) is 5.91 Å². The zero-order valence-corrected chi connectivity index (χ0v) is 14.8. The number of carbonyl (C=O) groups excluding carboxylic acids is 2. The minimum absolute atomic E-state index is 0.109. The van der Waals surface area contributed by atoms with E-state index in [2.05, 4.69) is 5.32 Å². The van der Waals surface area contributed by atoms with Crippen LogP contribution in [0.1, 0.15) is 30.0 Å². The predicted octanol–water partition coefficient (Wildman–Crippen LogP) is 1.39. The highest BCUT2D eigenvalue weighted by Crippen LogP contribution is 2.42. The molecule has 2 aliphatic heterocycles. The molecule has 0 saturated carbocycles. The molecule has 150 valence electrons. The van der Waals surface area contributed by atoms with Crippen LogP contribution in [0, 0.1) is 6.92 Å². The molecule has 3 rings (SSSR count). The van der Waals surface area contributed by atoms with Gasteiger partial charge in [0.1, 0.15) is 17.8 Å². The van der Waals surface area contributed by atoms with Gasteiger partial charge in [-0.3, -0.25) is 14.5 Å². The van der Waals surface area contributed by atoms with E-state index in [0.29, 0.717) is 10.5 Å². The first-order chi connectivity index (χ1) is 13.0. The Labute approximate surface area is 158 Å². The van der Waals surface area contributed by atoms with Gasteiger partial charge < -0.3 is 16.2 Å². The number of nitrogens with zero attached hydrogens (tertiary/aromatic N) is 1. The van der Waals surface area contributed by atoms with E-state index in [0.717, 1.165) is 5.56 Å². The molecule has 1 aromatic carbocycles. The summed E-state index contributed by atoms with van der Waals surface area (Å²) < 4.78 is 39.3. The van der Waals surface area contributed by atoms with E-state index in [1.165, 1.54) is 0 Å². The van der Waals surface area contributed by atoms with Gasteiger partial charge in [-0.25, -0.2) is 4.79 Å². The smallest absolute Gasteiger partial charge is 0.414 e. The number of rotatable bonds is 4. The number of nitrogens with one attached hydrogen (secondary N) is 1. The highest BCUT2D eigenvalue weighted by atomic mass is 19.4. The van der Waals surface area contributed by atoms with Crippen molar-refractivity contribution in [1.82, 2.24) is 10.2 Å². The van der Waals surface area contributed by atoms with Crippen LogP contribution in [-0.2, 0) is 14.4 Å². The zero-order chi connectivity index (χ0) is 20.8. The Hall–Kier alpha value is -2.88. The minimum Gasteiger partial charge on any atom is -0.477 e. The van der Waals surface area contributed by atoms with Crippen LogP contribution in [0.2, 0.25) is 0 Å². The fraction of sp³-hybridized carbons (Fsp3) is 0.389. The Morgan fingerprint density at radius 1 is 1.36 bits per heavy atom. The molecule has 1 aromatic rings. The molecule has 2 aliphatic rings. The number of carboxylic acids is 1. The largest absolute Gasteiger partial charge is 0.477 e. The number of alkyl halides is 3. The predicted molar refractivity (Wildman–Crippen MR) is 90.6 cm³/mol. The molecule has 2 amide bonds. The molecule has 0 bridgehead atoms. The van der Waals surface area contributed by atoms with Crippen molar-refractivity contribution < 1.29 is 32.7 Å². The normalized spacial score (nSPS) is 23.0. The summed E-state index contributed by atoms with van der Waals surface area (Å²) in [6.45, 7) is 1.82. The van der Waals surface area contributed by atoms with Gasteiger partial charge >= 0.3 is 12.1 Å². The monoisotopic (exact) mass is 397 g/mol. The number of aliphatic carboxylic acids is 1. The molecule has 3 atom stereocenters. The molecule has 0 aliphatic carbocycles. The minimum atomic E-state index is -4.85. The highest BCUT2D eigenvalue weighted by molar-refractivity contribution is 6.02. The van der Waals surface area contributed by atoms with Crippen LogP contribution in [0.4, 0.5) is 13.2 Å². The van der Waals surface area contributed by atoms with Crippen molar-refractivity contribution in [1.29, 1.82) is 0 Å². The lowest BCUT2D eigenvalue weighted by Gasteiger charge is -2.50. The molecule has 2 heterocycles. The molecule has 28 heavy (non-hydrogen) atoms. The van der Waals surface area contributed by atoms with E-state index in [-0.39, 0.29) is 6.42 Å². The van der Waals surface area contributed by atoms with Gasteiger partial charge in [-0.05, 0) is 25.3 Å². The summed E-state index contributed by atoms with van der Waals surface area (Å²) in [5.41, 5.74) is 5.01. The summed E-state index contributed by atoms with van der Waals surface area (Å²) in [5, 5.41) is 11.6. The lowest BCUT2D eigenvalue weighted by molar-refractivity contribution is -0.159. The van der Waals surface area contributed by atoms with Crippen LogP contribution >= 0.6 is 0 Å². The zero-order valence-electron chi connectivity index (χ0n) is 14.8.